The third-order valence-electron chi connectivity index (χ3n) is 3.96. The van der Waals surface area contributed by atoms with Crippen LogP contribution >= 0.6 is 0 Å². The lowest BCUT2D eigenvalue weighted by Gasteiger charge is -2.19. The van der Waals surface area contributed by atoms with Crippen LogP contribution in [-0.2, 0) is 6.54 Å². The Bertz CT molecular complexity index is 805. The summed E-state index contributed by atoms with van der Waals surface area (Å²) in [6, 6.07) is 24.2. The summed E-state index contributed by atoms with van der Waals surface area (Å²) in [7, 11) is 0. The fourth-order valence-corrected chi connectivity index (χ4v) is 2.49. The normalized spacial score (nSPS) is 10.9. The Labute approximate surface area is 174 Å². The van der Waals surface area contributed by atoms with E-state index >= 15 is 0 Å². The topological polar surface area (TPSA) is 88.4 Å². The number of pyridine rings is 1. The first-order chi connectivity index (χ1) is 14.1. The number of aromatic nitrogens is 1. The molecule has 5 N–H and O–H groups in total. The smallest absolute Gasteiger partial charge is 0.0803 e. The Morgan fingerprint density at radius 1 is 0.966 bits per heavy atom. The number of aryl methyl sites for hydroxylation is 1. The van der Waals surface area contributed by atoms with Crippen molar-refractivity contribution in [1.82, 2.24) is 9.99 Å². The molecule has 0 bridgehead atoms. The molecular weight excluding hydrogens is 360 g/mol. The molecule has 0 saturated heterocycles. The monoisotopic (exact) mass is 390 g/mol. The summed E-state index contributed by atoms with van der Waals surface area (Å²) in [5.41, 5.74) is 9.78. The minimum absolute atomic E-state index is 0.215. The first kappa shape index (κ1) is 24.0. The predicted molar refractivity (Wildman–Crippen MR) is 120 cm³/mol. The van der Waals surface area contributed by atoms with Gasteiger partial charge in [-0.05, 0) is 24.6 Å². The van der Waals surface area contributed by atoms with Crippen molar-refractivity contribution in [2.24, 2.45) is 11.6 Å². The van der Waals surface area contributed by atoms with Crippen molar-refractivity contribution in [3.63, 3.8) is 0 Å². The molecule has 0 spiro atoms. The van der Waals surface area contributed by atoms with E-state index in [0.29, 0.717) is 13.1 Å². The average Bonchev–Trinajstić information content (AvgIpc) is 2.77. The Kier molecular flexibility index (Phi) is 11.6. The lowest BCUT2D eigenvalue weighted by molar-refractivity contribution is 0.115. The molecule has 1 atom stereocenters. The minimum atomic E-state index is -0.590. The van der Waals surface area contributed by atoms with Gasteiger partial charge in [0.15, 0.2) is 0 Å². The number of nitrogens with zero attached hydrogens (tertiary/aromatic N) is 2. The summed E-state index contributed by atoms with van der Waals surface area (Å²) in [5, 5.41) is 11.0. The van der Waals surface area contributed by atoms with Crippen molar-refractivity contribution in [1.29, 1.82) is 0 Å². The Morgan fingerprint density at radius 2 is 1.59 bits per heavy atom. The zero-order valence-electron chi connectivity index (χ0n) is 16.9. The van der Waals surface area contributed by atoms with E-state index in [1.54, 1.807) is 11.2 Å². The van der Waals surface area contributed by atoms with E-state index in [1.807, 2.05) is 60.7 Å². The Hall–Kier alpha value is -3.01. The predicted octanol–water partition coefficient (Wildman–Crippen LogP) is 2.99. The van der Waals surface area contributed by atoms with Crippen LogP contribution in [0.3, 0.4) is 0 Å². The van der Waals surface area contributed by atoms with Crippen LogP contribution in [0.15, 0.2) is 79.0 Å². The SMILES string of the molecule is C#C.Cc1ccccc1.NC[C@@H](O)CN(N)Cc1ccc(-c2ccccn2)cc1. The number of aliphatic hydroxyl groups excluding tert-OH is 1. The lowest BCUT2D eigenvalue weighted by atomic mass is 10.1. The van der Waals surface area contributed by atoms with E-state index in [9.17, 15) is 5.11 Å². The van der Waals surface area contributed by atoms with Crippen molar-refractivity contribution in [2.75, 3.05) is 13.1 Å². The van der Waals surface area contributed by atoms with E-state index in [4.69, 9.17) is 11.6 Å². The number of rotatable bonds is 6. The van der Waals surface area contributed by atoms with Crippen molar-refractivity contribution in [3.05, 3.63) is 90.1 Å². The maximum Gasteiger partial charge on any atom is 0.0803 e. The summed E-state index contributed by atoms with van der Waals surface area (Å²) in [6.45, 7) is 3.23. The second-order valence-electron chi connectivity index (χ2n) is 6.39. The number of aliphatic hydroxyl groups is 1. The summed E-state index contributed by atoms with van der Waals surface area (Å²) < 4.78 is 0. The van der Waals surface area contributed by atoms with Crippen LogP contribution in [0, 0.1) is 19.8 Å². The molecule has 0 amide bonds. The molecule has 1 aromatic heterocycles. The van der Waals surface area contributed by atoms with Gasteiger partial charge in [-0.25, -0.2) is 5.01 Å². The van der Waals surface area contributed by atoms with Gasteiger partial charge in [-0.1, -0.05) is 66.2 Å². The highest BCUT2D eigenvalue weighted by atomic mass is 16.3. The van der Waals surface area contributed by atoms with E-state index in [2.05, 4.69) is 36.9 Å². The molecule has 0 aliphatic heterocycles. The van der Waals surface area contributed by atoms with Crippen LogP contribution in [0.4, 0.5) is 0 Å². The van der Waals surface area contributed by atoms with Crippen molar-refractivity contribution < 1.29 is 5.11 Å². The van der Waals surface area contributed by atoms with Gasteiger partial charge in [-0.15, -0.1) is 12.8 Å². The fraction of sp³-hybridized carbons (Fsp3) is 0.208. The Morgan fingerprint density at radius 3 is 2.07 bits per heavy atom. The van der Waals surface area contributed by atoms with Crippen LogP contribution in [0.1, 0.15) is 11.1 Å². The van der Waals surface area contributed by atoms with E-state index in [1.165, 1.54) is 5.56 Å². The third kappa shape index (κ3) is 9.65. The highest BCUT2D eigenvalue weighted by molar-refractivity contribution is 5.58. The molecule has 0 unspecified atom stereocenters. The third-order valence-corrected chi connectivity index (χ3v) is 3.96. The van der Waals surface area contributed by atoms with E-state index in [-0.39, 0.29) is 6.54 Å². The molecule has 3 aromatic rings. The van der Waals surface area contributed by atoms with E-state index in [0.717, 1.165) is 16.8 Å². The second-order valence-corrected chi connectivity index (χ2v) is 6.39. The minimum Gasteiger partial charge on any atom is -0.390 e. The van der Waals surface area contributed by atoms with Crippen LogP contribution in [0.5, 0.6) is 0 Å². The van der Waals surface area contributed by atoms with Gasteiger partial charge in [0.05, 0.1) is 11.8 Å². The van der Waals surface area contributed by atoms with Gasteiger partial charge in [0.25, 0.3) is 0 Å². The second kappa shape index (κ2) is 14.1. The molecule has 29 heavy (non-hydrogen) atoms. The molecule has 1 heterocycles. The number of hydrogen-bond donors (Lipinski definition) is 3. The summed E-state index contributed by atoms with van der Waals surface area (Å²) in [5.74, 6) is 5.84. The zero-order valence-corrected chi connectivity index (χ0v) is 16.9. The van der Waals surface area contributed by atoms with Crippen molar-refractivity contribution in [3.8, 4) is 24.1 Å². The lowest BCUT2D eigenvalue weighted by Crippen LogP contribution is -2.40. The van der Waals surface area contributed by atoms with Crippen LogP contribution in [0.25, 0.3) is 11.3 Å². The summed E-state index contributed by atoms with van der Waals surface area (Å²) in [6.07, 6.45) is 9.19. The first-order valence-corrected chi connectivity index (χ1v) is 9.31. The van der Waals surface area contributed by atoms with Gasteiger partial charge in [0.1, 0.15) is 0 Å². The molecule has 0 aliphatic carbocycles. The van der Waals surface area contributed by atoms with Crippen molar-refractivity contribution >= 4 is 0 Å². The maximum atomic E-state index is 9.44. The van der Waals surface area contributed by atoms with Gasteiger partial charge in [-0.2, -0.15) is 0 Å². The zero-order chi connectivity index (χ0) is 21.5. The highest BCUT2D eigenvalue weighted by Crippen LogP contribution is 2.17. The van der Waals surface area contributed by atoms with Crippen LogP contribution in [0.2, 0.25) is 0 Å². The summed E-state index contributed by atoms with van der Waals surface area (Å²) in [4.78, 5) is 4.31. The molecule has 0 fully saturated rings. The quantitative estimate of drug-likeness (QED) is 0.342. The maximum absolute atomic E-state index is 9.44. The number of benzene rings is 2. The van der Waals surface area contributed by atoms with E-state index < -0.39 is 6.10 Å². The molecular formula is C24H30N4O. The summed E-state index contributed by atoms with van der Waals surface area (Å²) >= 11 is 0. The Balaban J connectivity index is 0.000000390. The first-order valence-electron chi connectivity index (χ1n) is 9.31. The molecule has 5 nitrogen and oxygen atoms in total. The van der Waals surface area contributed by atoms with Crippen LogP contribution in [-0.4, -0.2) is 34.3 Å². The fourth-order valence-electron chi connectivity index (χ4n) is 2.49. The molecule has 0 radical (unpaired) electrons. The number of terminal acetylenes is 1. The van der Waals surface area contributed by atoms with Gasteiger partial charge in [0.2, 0.25) is 0 Å². The molecule has 152 valence electrons. The van der Waals surface area contributed by atoms with Crippen LogP contribution < -0.4 is 11.6 Å². The highest BCUT2D eigenvalue weighted by Gasteiger charge is 2.07. The average molecular weight is 391 g/mol. The van der Waals surface area contributed by atoms with Gasteiger partial charge in [0, 0.05) is 31.4 Å². The molecule has 0 aliphatic rings. The molecule has 0 saturated carbocycles. The van der Waals surface area contributed by atoms with Gasteiger partial charge < -0.3 is 10.8 Å². The molecule has 5 heteroatoms. The standard InChI is InChI=1S/C15H20N4O.C7H8.C2H2/c16-9-14(20)11-19(17)10-12-4-6-13(7-5-12)15-3-1-2-8-18-15;1-7-5-3-2-4-6-7;1-2/h1-8,14,20H,9-11,16-17H2;2-6H,1H3;1-2H/t14-;;/m1../s1. The van der Waals surface area contributed by atoms with Gasteiger partial charge >= 0.3 is 0 Å². The number of hydrazine groups is 1. The molecule has 3 rings (SSSR count). The van der Waals surface area contributed by atoms with Gasteiger partial charge in [-0.3, -0.25) is 10.8 Å². The largest absolute Gasteiger partial charge is 0.390 e. The van der Waals surface area contributed by atoms with Crippen molar-refractivity contribution in [2.45, 2.75) is 19.6 Å². The number of hydrogen-bond acceptors (Lipinski definition) is 5. The number of nitrogens with two attached hydrogens (primary N) is 2. The molecule has 2 aromatic carbocycles.